The second-order valence-electron chi connectivity index (χ2n) is 6.45. The van der Waals surface area contributed by atoms with E-state index in [4.69, 9.17) is 5.73 Å². The Morgan fingerprint density at radius 3 is 2.07 bits per heavy atom. The number of carbonyl (C=O) groups is 2. The number of para-hydroxylation sites is 1. The molecule has 5 N–H and O–H groups in total. The number of benzene rings is 3. The van der Waals surface area contributed by atoms with Gasteiger partial charge in [0.05, 0.1) is 11.1 Å². The van der Waals surface area contributed by atoms with E-state index in [-0.39, 0.29) is 16.7 Å². The molecule has 0 saturated carbocycles. The molecule has 0 amide bonds. The summed E-state index contributed by atoms with van der Waals surface area (Å²) in [6.07, 6.45) is 0. The van der Waals surface area contributed by atoms with Crippen LogP contribution in [0.25, 0.3) is 11.1 Å². The van der Waals surface area contributed by atoms with Crippen molar-refractivity contribution in [3.8, 4) is 11.1 Å². The Morgan fingerprint density at radius 1 is 0.929 bits per heavy atom. The fourth-order valence-corrected chi connectivity index (χ4v) is 3.04. The summed E-state index contributed by atoms with van der Waals surface area (Å²) in [4.78, 5) is 23.2. The van der Waals surface area contributed by atoms with Crippen LogP contribution in [-0.2, 0) is 6.54 Å². The highest BCUT2D eigenvalue weighted by Crippen LogP contribution is 2.31. The van der Waals surface area contributed by atoms with Gasteiger partial charge in [-0.25, -0.2) is 9.59 Å². The van der Waals surface area contributed by atoms with Crippen LogP contribution in [-0.4, -0.2) is 22.2 Å². The SMILES string of the molecule is Cc1c(C(=O)O)cc(-c2ccccc2NCc2ccc(N)cc2)cc1C(=O)O. The van der Waals surface area contributed by atoms with Crippen molar-refractivity contribution in [1.29, 1.82) is 0 Å². The highest BCUT2D eigenvalue weighted by atomic mass is 16.4. The third kappa shape index (κ3) is 3.96. The van der Waals surface area contributed by atoms with Crippen molar-refractivity contribution < 1.29 is 19.8 Å². The van der Waals surface area contributed by atoms with Crippen molar-refractivity contribution in [3.63, 3.8) is 0 Å². The van der Waals surface area contributed by atoms with E-state index in [0.717, 1.165) is 16.8 Å². The van der Waals surface area contributed by atoms with Gasteiger partial charge in [-0.15, -0.1) is 0 Å². The van der Waals surface area contributed by atoms with Gasteiger partial charge >= 0.3 is 11.9 Å². The minimum Gasteiger partial charge on any atom is -0.478 e. The second-order valence-corrected chi connectivity index (χ2v) is 6.45. The van der Waals surface area contributed by atoms with E-state index < -0.39 is 11.9 Å². The van der Waals surface area contributed by atoms with Crippen LogP contribution in [0.1, 0.15) is 31.8 Å². The van der Waals surface area contributed by atoms with Crippen LogP contribution in [0, 0.1) is 6.92 Å². The number of hydrogen-bond donors (Lipinski definition) is 4. The maximum absolute atomic E-state index is 11.6. The summed E-state index contributed by atoms with van der Waals surface area (Å²) in [7, 11) is 0. The molecular formula is C22H20N2O4. The Kier molecular flexibility index (Phi) is 5.31. The van der Waals surface area contributed by atoms with Crippen LogP contribution in [0.3, 0.4) is 0 Å². The third-order valence-electron chi connectivity index (χ3n) is 4.57. The first-order valence-electron chi connectivity index (χ1n) is 8.65. The molecular weight excluding hydrogens is 356 g/mol. The van der Waals surface area contributed by atoms with E-state index in [1.807, 2.05) is 48.5 Å². The Balaban J connectivity index is 2.01. The topological polar surface area (TPSA) is 113 Å². The zero-order chi connectivity index (χ0) is 20.3. The van der Waals surface area contributed by atoms with Gasteiger partial charge in [0, 0.05) is 23.5 Å². The van der Waals surface area contributed by atoms with Gasteiger partial charge in [-0.05, 0) is 53.9 Å². The molecule has 0 aliphatic carbocycles. The summed E-state index contributed by atoms with van der Waals surface area (Å²) in [5.41, 5.74) is 9.64. The minimum absolute atomic E-state index is 0.0248. The van der Waals surface area contributed by atoms with Gasteiger partial charge in [-0.2, -0.15) is 0 Å². The molecule has 0 aliphatic heterocycles. The molecule has 0 atom stereocenters. The molecule has 0 fully saturated rings. The zero-order valence-corrected chi connectivity index (χ0v) is 15.3. The van der Waals surface area contributed by atoms with Crippen molar-refractivity contribution >= 4 is 23.3 Å². The van der Waals surface area contributed by atoms with Crippen molar-refractivity contribution in [2.75, 3.05) is 11.1 Å². The Bertz CT molecular complexity index is 1010. The number of anilines is 2. The number of nitrogens with two attached hydrogens (primary N) is 1. The van der Waals surface area contributed by atoms with E-state index >= 15 is 0 Å². The summed E-state index contributed by atoms with van der Waals surface area (Å²) in [6, 6.07) is 17.9. The fourth-order valence-electron chi connectivity index (χ4n) is 3.04. The highest BCUT2D eigenvalue weighted by molar-refractivity contribution is 5.99. The molecule has 6 heteroatoms. The van der Waals surface area contributed by atoms with Crippen LogP contribution < -0.4 is 11.1 Å². The first kappa shape index (κ1) is 19.0. The van der Waals surface area contributed by atoms with E-state index in [9.17, 15) is 19.8 Å². The lowest BCUT2D eigenvalue weighted by Crippen LogP contribution is -2.08. The molecule has 0 aromatic heterocycles. The molecule has 3 aromatic rings. The van der Waals surface area contributed by atoms with Crippen molar-refractivity contribution in [2.45, 2.75) is 13.5 Å². The van der Waals surface area contributed by atoms with Crippen LogP contribution in [0.2, 0.25) is 0 Å². The van der Waals surface area contributed by atoms with E-state index in [0.29, 0.717) is 17.8 Å². The summed E-state index contributed by atoms with van der Waals surface area (Å²) in [6.45, 7) is 2.04. The number of nitrogens with one attached hydrogen (secondary N) is 1. The van der Waals surface area contributed by atoms with E-state index in [2.05, 4.69) is 5.32 Å². The van der Waals surface area contributed by atoms with Gasteiger partial charge in [0.25, 0.3) is 0 Å². The van der Waals surface area contributed by atoms with Crippen molar-refractivity contribution in [3.05, 3.63) is 82.9 Å². The van der Waals surface area contributed by atoms with Gasteiger partial charge in [0.15, 0.2) is 0 Å². The number of aromatic carboxylic acids is 2. The van der Waals surface area contributed by atoms with Crippen molar-refractivity contribution in [1.82, 2.24) is 0 Å². The zero-order valence-electron chi connectivity index (χ0n) is 15.3. The predicted octanol–water partition coefficient (Wildman–Crippen LogP) is 4.25. The summed E-state index contributed by atoms with van der Waals surface area (Å²) >= 11 is 0. The van der Waals surface area contributed by atoms with E-state index in [1.54, 1.807) is 0 Å². The highest BCUT2D eigenvalue weighted by Gasteiger charge is 2.18. The average Bonchev–Trinajstić information content (AvgIpc) is 2.67. The van der Waals surface area contributed by atoms with E-state index in [1.165, 1.54) is 19.1 Å². The first-order valence-corrected chi connectivity index (χ1v) is 8.65. The second kappa shape index (κ2) is 7.84. The molecule has 0 bridgehead atoms. The number of hydrogen-bond acceptors (Lipinski definition) is 4. The lowest BCUT2D eigenvalue weighted by Gasteiger charge is -2.15. The van der Waals surface area contributed by atoms with Crippen LogP contribution >= 0.6 is 0 Å². The molecule has 142 valence electrons. The lowest BCUT2D eigenvalue weighted by atomic mass is 9.94. The number of rotatable bonds is 6. The standard InChI is InChI=1S/C22H20N2O4/c1-13-18(21(25)26)10-15(11-19(13)22(27)28)17-4-2-3-5-20(17)24-12-14-6-8-16(23)9-7-14/h2-11,24H,12,23H2,1H3,(H,25,26)(H,27,28). The maximum Gasteiger partial charge on any atom is 0.335 e. The molecule has 0 radical (unpaired) electrons. The summed E-state index contributed by atoms with van der Waals surface area (Å²) in [5.74, 6) is -2.32. The maximum atomic E-state index is 11.6. The molecule has 0 saturated heterocycles. The summed E-state index contributed by atoms with van der Waals surface area (Å²) in [5, 5.41) is 22.3. The Labute approximate surface area is 162 Å². The number of nitrogen functional groups attached to an aromatic ring is 1. The molecule has 0 heterocycles. The molecule has 0 unspecified atom stereocenters. The molecule has 0 aliphatic rings. The van der Waals surface area contributed by atoms with Gasteiger partial charge in [0.1, 0.15) is 0 Å². The number of carboxylic acid groups (broad SMARTS) is 2. The monoisotopic (exact) mass is 376 g/mol. The minimum atomic E-state index is -1.16. The molecule has 3 rings (SSSR count). The van der Waals surface area contributed by atoms with Gasteiger partial charge in [0.2, 0.25) is 0 Å². The average molecular weight is 376 g/mol. The van der Waals surface area contributed by atoms with Crippen molar-refractivity contribution in [2.24, 2.45) is 0 Å². The fraction of sp³-hybridized carbons (Fsp3) is 0.0909. The van der Waals surface area contributed by atoms with Gasteiger partial charge < -0.3 is 21.3 Å². The van der Waals surface area contributed by atoms with Gasteiger partial charge in [-0.1, -0.05) is 30.3 Å². The first-order chi connectivity index (χ1) is 13.4. The Morgan fingerprint density at radius 2 is 1.50 bits per heavy atom. The number of carboxylic acids is 2. The van der Waals surface area contributed by atoms with Crippen LogP contribution in [0.15, 0.2) is 60.7 Å². The quantitative estimate of drug-likeness (QED) is 0.478. The summed E-state index contributed by atoms with van der Waals surface area (Å²) < 4.78 is 0. The van der Waals surface area contributed by atoms with Crippen LogP contribution in [0.4, 0.5) is 11.4 Å². The third-order valence-corrected chi connectivity index (χ3v) is 4.57. The normalized spacial score (nSPS) is 10.5. The molecule has 0 spiro atoms. The van der Waals surface area contributed by atoms with Crippen LogP contribution in [0.5, 0.6) is 0 Å². The van der Waals surface area contributed by atoms with Gasteiger partial charge in [-0.3, -0.25) is 0 Å². The Hall–Kier alpha value is -3.80. The molecule has 28 heavy (non-hydrogen) atoms. The predicted molar refractivity (Wildman–Crippen MR) is 109 cm³/mol. The molecule has 3 aromatic carbocycles. The molecule has 6 nitrogen and oxygen atoms in total. The largest absolute Gasteiger partial charge is 0.478 e. The smallest absolute Gasteiger partial charge is 0.335 e. The lowest BCUT2D eigenvalue weighted by molar-refractivity contribution is 0.0696.